The smallest absolute Gasteiger partial charge is 0.329 e. The van der Waals surface area contributed by atoms with E-state index in [-0.39, 0.29) is 11.3 Å². The van der Waals surface area contributed by atoms with E-state index in [1.165, 1.54) is 12.4 Å². The van der Waals surface area contributed by atoms with Crippen LogP contribution in [0.15, 0.2) is 46.2 Å². The van der Waals surface area contributed by atoms with Crippen LogP contribution in [0.2, 0.25) is 0 Å². The summed E-state index contributed by atoms with van der Waals surface area (Å²) >= 11 is 4.42. The molecule has 0 spiro atoms. The van der Waals surface area contributed by atoms with Crippen molar-refractivity contribution in [2.45, 2.75) is 34.7 Å². The maximum absolute atomic E-state index is 13.7. The molecule has 1 aromatic carbocycles. The van der Waals surface area contributed by atoms with Gasteiger partial charge in [-0.3, -0.25) is 4.98 Å². The Kier molecular flexibility index (Phi) is 8.27. The molecular weight excluding hydrogens is 573 g/mol. The summed E-state index contributed by atoms with van der Waals surface area (Å²) in [6, 6.07) is 2.07. The van der Waals surface area contributed by atoms with Gasteiger partial charge < -0.3 is 24.8 Å². The lowest BCUT2D eigenvalue weighted by atomic mass is 9.97. The van der Waals surface area contributed by atoms with Crippen LogP contribution in [0.3, 0.4) is 0 Å². The van der Waals surface area contributed by atoms with Crippen LogP contribution >= 0.6 is 27.7 Å². The van der Waals surface area contributed by atoms with Crippen LogP contribution < -0.4 is 0 Å². The molecule has 0 bridgehead atoms. The molecule has 0 amide bonds. The first-order chi connectivity index (χ1) is 17.2. The van der Waals surface area contributed by atoms with Crippen LogP contribution in [0.25, 0.3) is 11.3 Å². The van der Waals surface area contributed by atoms with Crippen molar-refractivity contribution in [3.8, 4) is 11.3 Å². The van der Waals surface area contributed by atoms with Crippen molar-refractivity contribution in [2.75, 3.05) is 13.2 Å². The maximum atomic E-state index is 13.7. The van der Waals surface area contributed by atoms with Gasteiger partial charge in [-0.15, -0.1) is 5.10 Å². The number of aliphatic carboxylic acids is 1. The number of hydrogen-bond acceptors (Lipinski definition) is 9. The second kappa shape index (κ2) is 11.2. The third-order valence-corrected chi connectivity index (χ3v) is 6.79. The predicted molar refractivity (Wildman–Crippen MR) is 121 cm³/mol. The van der Waals surface area contributed by atoms with Gasteiger partial charge in [0.05, 0.1) is 12.8 Å². The number of hydrogen-bond donors (Lipinski definition) is 3. The summed E-state index contributed by atoms with van der Waals surface area (Å²) in [6.07, 6.45) is 0.629. The van der Waals surface area contributed by atoms with Crippen LogP contribution in [0.4, 0.5) is 13.2 Å². The van der Waals surface area contributed by atoms with Crippen LogP contribution in [0.1, 0.15) is 6.04 Å². The number of aliphatic hydroxyl groups excluding tert-OH is 2. The lowest BCUT2D eigenvalue weighted by Crippen LogP contribution is -2.56. The fourth-order valence-corrected chi connectivity index (χ4v) is 5.33. The highest BCUT2D eigenvalue weighted by Gasteiger charge is 2.48. The minimum Gasteiger partial charge on any atom is -0.480 e. The number of halogens is 4. The number of thioether (sulfide) groups is 1. The molecule has 36 heavy (non-hydrogen) atoms. The van der Waals surface area contributed by atoms with E-state index >= 15 is 0 Å². The van der Waals surface area contributed by atoms with E-state index in [1.54, 1.807) is 12.3 Å². The normalized spacial score (nSPS) is 24.1. The first kappa shape index (κ1) is 26.5. The number of carbonyl (C=O) groups is 1. The molecule has 1 aliphatic heterocycles. The average Bonchev–Trinajstić information content (AvgIpc) is 3.31. The summed E-state index contributed by atoms with van der Waals surface area (Å²) in [5.41, 5.74) is -1.11. The molecule has 3 aromatic rings. The minimum absolute atomic E-state index is 0.0515. The number of rotatable bonds is 8. The molecule has 2 unspecified atom stereocenters. The highest BCUT2D eigenvalue weighted by atomic mass is 79.9. The van der Waals surface area contributed by atoms with Crippen LogP contribution in [0.5, 0.6) is 0 Å². The SMILES string of the molecule is O=C(O)COC1[C@@H](Sc2cncc(Br)c2)OC(CO)[C@H](O)[C@@H]1n1cc(-c2cc(F)c(F)c(F)c2)nn1. The van der Waals surface area contributed by atoms with Crippen LogP contribution in [0, 0.1) is 17.5 Å². The van der Waals surface area contributed by atoms with Gasteiger partial charge in [0.15, 0.2) is 17.5 Å². The van der Waals surface area contributed by atoms with Crippen molar-refractivity contribution in [3.63, 3.8) is 0 Å². The standard InChI is InChI=1S/C21H18BrF3N4O6S/c22-10-3-11(5-26-4-10)36-21-20(34-8-16(31)32)18(19(33)15(7-30)35-21)29-6-14(27-28-29)9-1-12(23)17(25)13(24)2-9/h1-6,15,18-21,30,33H,7-8H2,(H,31,32)/t15?,18-,19-,20?,21+/m0/s1. The Labute approximate surface area is 214 Å². The van der Waals surface area contributed by atoms with Crippen LogP contribution in [-0.4, -0.2) is 78.2 Å². The summed E-state index contributed by atoms with van der Waals surface area (Å²) in [4.78, 5) is 15.9. The first-order valence-corrected chi connectivity index (χ1v) is 12.0. The highest BCUT2D eigenvalue weighted by molar-refractivity contribution is 9.10. The molecule has 3 N–H and O–H groups in total. The summed E-state index contributed by atoms with van der Waals surface area (Å²) in [6.45, 7) is -1.34. The molecule has 10 nitrogen and oxygen atoms in total. The van der Waals surface area contributed by atoms with Crippen molar-refractivity contribution < 1.29 is 42.8 Å². The van der Waals surface area contributed by atoms with Gasteiger partial charge in [0.2, 0.25) is 0 Å². The summed E-state index contributed by atoms with van der Waals surface area (Å²) in [7, 11) is 0. The molecule has 15 heteroatoms. The first-order valence-electron chi connectivity index (χ1n) is 10.3. The molecule has 0 radical (unpaired) electrons. The Morgan fingerprint density at radius 3 is 2.58 bits per heavy atom. The topological polar surface area (TPSA) is 140 Å². The van der Waals surface area contributed by atoms with Crippen LogP contribution in [-0.2, 0) is 14.3 Å². The molecular formula is C21H18BrF3N4O6S. The Balaban J connectivity index is 1.71. The number of nitrogens with zero attached hydrogens (tertiary/aromatic N) is 4. The monoisotopic (exact) mass is 590 g/mol. The molecule has 2 aromatic heterocycles. The zero-order chi connectivity index (χ0) is 26.0. The van der Waals surface area contributed by atoms with Gasteiger partial charge in [0.1, 0.15) is 42.1 Å². The zero-order valence-corrected chi connectivity index (χ0v) is 20.4. The molecule has 192 valence electrons. The number of pyridine rings is 1. The van der Waals surface area contributed by atoms with Gasteiger partial charge in [-0.25, -0.2) is 22.6 Å². The molecule has 1 aliphatic rings. The number of aliphatic hydroxyl groups is 2. The van der Waals surface area contributed by atoms with Gasteiger partial charge in [-0.2, -0.15) is 0 Å². The largest absolute Gasteiger partial charge is 0.480 e. The molecule has 1 saturated heterocycles. The van der Waals surface area contributed by atoms with Crippen molar-refractivity contribution in [2.24, 2.45) is 0 Å². The fraction of sp³-hybridized carbons (Fsp3) is 0.333. The number of carboxylic acids is 1. The Bertz CT molecular complexity index is 1230. The Morgan fingerprint density at radius 1 is 1.22 bits per heavy atom. The third kappa shape index (κ3) is 5.71. The van der Waals surface area contributed by atoms with E-state index in [1.807, 2.05) is 0 Å². The van der Waals surface area contributed by atoms with Gasteiger partial charge in [0.25, 0.3) is 0 Å². The number of ether oxygens (including phenoxy) is 2. The second-order valence-corrected chi connectivity index (χ2v) is 9.76. The highest BCUT2D eigenvalue weighted by Crippen LogP contribution is 2.40. The van der Waals surface area contributed by atoms with Crippen molar-refractivity contribution in [1.82, 2.24) is 20.0 Å². The van der Waals surface area contributed by atoms with E-state index < -0.39 is 66.4 Å². The molecule has 3 heterocycles. The number of carboxylic acid groups (broad SMARTS) is 1. The Hall–Kier alpha value is -2.56. The molecule has 1 fully saturated rings. The molecule has 5 atom stereocenters. The zero-order valence-electron chi connectivity index (χ0n) is 18.0. The van der Waals surface area contributed by atoms with E-state index in [0.717, 1.165) is 28.6 Å². The lowest BCUT2D eigenvalue weighted by molar-refractivity contribution is -0.196. The van der Waals surface area contributed by atoms with Crippen molar-refractivity contribution >= 4 is 33.7 Å². The summed E-state index contributed by atoms with van der Waals surface area (Å²) in [5, 5.41) is 37.7. The van der Waals surface area contributed by atoms with Gasteiger partial charge in [-0.05, 0) is 34.1 Å². The summed E-state index contributed by atoms with van der Waals surface area (Å²) in [5.74, 6) is -5.77. The van der Waals surface area contributed by atoms with E-state index in [9.17, 15) is 33.3 Å². The molecule has 0 aliphatic carbocycles. The lowest BCUT2D eigenvalue weighted by Gasteiger charge is -2.43. The van der Waals surface area contributed by atoms with E-state index in [2.05, 4.69) is 31.2 Å². The molecule has 0 saturated carbocycles. The average molecular weight is 591 g/mol. The van der Waals surface area contributed by atoms with Gasteiger partial charge in [0, 0.05) is 27.3 Å². The van der Waals surface area contributed by atoms with Gasteiger partial charge >= 0.3 is 5.97 Å². The third-order valence-electron chi connectivity index (χ3n) is 5.25. The maximum Gasteiger partial charge on any atom is 0.329 e. The van der Waals surface area contributed by atoms with E-state index in [0.29, 0.717) is 9.37 Å². The Morgan fingerprint density at radius 2 is 1.94 bits per heavy atom. The minimum atomic E-state index is -1.64. The number of aromatic nitrogens is 4. The van der Waals surface area contributed by atoms with Crippen molar-refractivity contribution in [1.29, 1.82) is 0 Å². The predicted octanol–water partition coefficient (Wildman–Crippen LogP) is 2.40. The van der Waals surface area contributed by atoms with E-state index in [4.69, 9.17) is 9.47 Å². The number of benzene rings is 1. The quantitative estimate of drug-likeness (QED) is 0.335. The second-order valence-electron chi connectivity index (χ2n) is 7.67. The summed E-state index contributed by atoms with van der Waals surface area (Å²) < 4.78 is 54.0. The fourth-order valence-electron chi connectivity index (χ4n) is 3.65. The van der Waals surface area contributed by atoms with Gasteiger partial charge in [-0.1, -0.05) is 17.0 Å². The molecule has 4 rings (SSSR count). The van der Waals surface area contributed by atoms with Crippen molar-refractivity contribution in [3.05, 3.63) is 58.7 Å².